The van der Waals surface area contributed by atoms with Crippen LogP contribution < -0.4 is 10.6 Å². The van der Waals surface area contributed by atoms with E-state index < -0.39 is 0 Å². The summed E-state index contributed by atoms with van der Waals surface area (Å²) in [6.07, 6.45) is 1.98. The number of nitrogens with zero attached hydrogens (tertiary/aromatic N) is 3. The fraction of sp³-hybridized carbons (Fsp3) is 0.636. The lowest BCUT2D eigenvalue weighted by molar-refractivity contribution is 0.0953. The number of phenols is 1. The van der Waals surface area contributed by atoms with E-state index in [-0.39, 0.29) is 11.7 Å². The van der Waals surface area contributed by atoms with Crippen LogP contribution in [0.3, 0.4) is 0 Å². The monoisotopic (exact) mass is 403 g/mol. The van der Waals surface area contributed by atoms with Gasteiger partial charge in [0.1, 0.15) is 5.75 Å². The molecular weight excluding hydrogens is 366 g/mol. The fourth-order valence-electron chi connectivity index (χ4n) is 3.66. The Hall–Kier alpha value is -2.28. The van der Waals surface area contributed by atoms with Gasteiger partial charge in [-0.1, -0.05) is 19.9 Å². The third-order valence-corrected chi connectivity index (χ3v) is 5.32. The number of phenolic OH excluding ortho intramolecular Hbond substituents is 1. The highest BCUT2D eigenvalue weighted by Gasteiger charge is 2.25. The Morgan fingerprint density at radius 1 is 1.28 bits per heavy atom. The van der Waals surface area contributed by atoms with Gasteiger partial charge in [-0.3, -0.25) is 9.79 Å². The van der Waals surface area contributed by atoms with E-state index in [0.717, 1.165) is 51.6 Å². The molecule has 1 aromatic rings. The van der Waals surface area contributed by atoms with E-state index in [0.29, 0.717) is 24.6 Å². The summed E-state index contributed by atoms with van der Waals surface area (Å²) in [4.78, 5) is 21.7. The van der Waals surface area contributed by atoms with Crippen LogP contribution in [-0.4, -0.2) is 79.1 Å². The number of amides is 1. The lowest BCUT2D eigenvalue weighted by Gasteiger charge is -2.24. The van der Waals surface area contributed by atoms with Crippen LogP contribution in [0.4, 0.5) is 0 Å². The summed E-state index contributed by atoms with van der Waals surface area (Å²) >= 11 is 0. The Bertz CT molecular complexity index is 660. The maximum absolute atomic E-state index is 12.1. The molecule has 0 aromatic heterocycles. The first-order chi connectivity index (χ1) is 14.1. The standard InChI is InChI=1S/C22H37N5O2/c1-4-23-22(27-14-11-18(17-27)16-26(5-2)6-3)25-13-8-12-24-21(29)19-9-7-10-20(28)15-19/h7,9-10,15,18,28H,4-6,8,11-14,16-17H2,1-3H3,(H,23,25)(H,24,29). The minimum atomic E-state index is -0.171. The summed E-state index contributed by atoms with van der Waals surface area (Å²) in [5.74, 6) is 1.60. The van der Waals surface area contributed by atoms with Crippen LogP contribution in [0.1, 0.15) is 44.0 Å². The molecule has 1 aliphatic rings. The van der Waals surface area contributed by atoms with Crippen molar-refractivity contribution in [2.45, 2.75) is 33.6 Å². The quantitative estimate of drug-likeness (QED) is 0.317. The van der Waals surface area contributed by atoms with Crippen LogP contribution in [0, 0.1) is 5.92 Å². The zero-order chi connectivity index (χ0) is 21.1. The van der Waals surface area contributed by atoms with Crippen LogP contribution >= 0.6 is 0 Å². The molecule has 3 N–H and O–H groups in total. The zero-order valence-corrected chi connectivity index (χ0v) is 18.2. The van der Waals surface area contributed by atoms with Crippen molar-refractivity contribution < 1.29 is 9.90 Å². The van der Waals surface area contributed by atoms with E-state index in [1.54, 1.807) is 18.2 Å². The molecule has 2 rings (SSSR count). The van der Waals surface area contributed by atoms with Gasteiger partial charge in [0, 0.05) is 44.8 Å². The van der Waals surface area contributed by atoms with E-state index in [4.69, 9.17) is 4.99 Å². The van der Waals surface area contributed by atoms with Crippen molar-refractivity contribution in [1.29, 1.82) is 0 Å². The molecule has 0 aliphatic carbocycles. The number of nitrogens with one attached hydrogen (secondary N) is 2. The van der Waals surface area contributed by atoms with Crippen LogP contribution in [0.2, 0.25) is 0 Å². The van der Waals surface area contributed by atoms with E-state index in [1.807, 2.05) is 0 Å². The molecule has 1 saturated heterocycles. The molecule has 1 amide bonds. The maximum Gasteiger partial charge on any atom is 0.251 e. The van der Waals surface area contributed by atoms with Gasteiger partial charge in [-0.15, -0.1) is 0 Å². The van der Waals surface area contributed by atoms with Crippen LogP contribution in [0.5, 0.6) is 5.75 Å². The van der Waals surface area contributed by atoms with Gasteiger partial charge < -0.3 is 25.5 Å². The van der Waals surface area contributed by atoms with Crippen LogP contribution in [0.15, 0.2) is 29.3 Å². The lowest BCUT2D eigenvalue weighted by Crippen LogP contribution is -2.41. The lowest BCUT2D eigenvalue weighted by atomic mass is 10.1. The van der Waals surface area contributed by atoms with Crippen molar-refractivity contribution in [1.82, 2.24) is 20.4 Å². The predicted octanol–water partition coefficient (Wildman–Crippen LogP) is 2.14. The number of rotatable bonds is 10. The smallest absolute Gasteiger partial charge is 0.251 e. The minimum Gasteiger partial charge on any atom is -0.508 e. The Balaban J connectivity index is 1.76. The summed E-state index contributed by atoms with van der Waals surface area (Å²) in [7, 11) is 0. The number of carbonyl (C=O) groups excluding carboxylic acids is 1. The Labute approximate surface area is 175 Å². The van der Waals surface area contributed by atoms with Crippen LogP contribution in [-0.2, 0) is 0 Å². The van der Waals surface area contributed by atoms with Gasteiger partial charge in [0.25, 0.3) is 5.91 Å². The molecule has 1 heterocycles. The van der Waals surface area contributed by atoms with Gasteiger partial charge in [0.2, 0.25) is 0 Å². The number of guanidine groups is 1. The van der Waals surface area contributed by atoms with Gasteiger partial charge in [-0.25, -0.2) is 0 Å². The van der Waals surface area contributed by atoms with Crippen molar-refractivity contribution in [3.63, 3.8) is 0 Å². The molecule has 0 saturated carbocycles. The highest BCUT2D eigenvalue weighted by atomic mass is 16.3. The van der Waals surface area contributed by atoms with Crippen molar-refractivity contribution in [3.8, 4) is 5.75 Å². The highest BCUT2D eigenvalue weighted by Crippen LogP contribution is 2.17. The number of hydrogen-bond donors (Lipinski definition) is 3. The summed E-state index contributed by atoms with van der Waals surface area (Å²) in [5.41, 5.74) is 0.471. The van der Waals surface area contributed by atoms with Crippen molar-refractivity contribution in [3.05, 3.63) is 29.8 Å². The third-order valence-electron chi connectivity index (χ3n) is 5.32. The summed E-state index contributed by atoms with van der Waals surface area (Å²) < 4.78 is 0. The zero-order valence-electron chi connectivity index (χ0n) is 18.2. The highest BCUT2D eigenvalue weighted by molar-refractivity contribution is 5.94. The first kappa shape index (κ1) is 23.0. The number of carbonyl (C=O) groups is 1. The topological polar surface area (TPSA) is 80.2 Å². The normalized spacial score (nSPS) is 17.0. The first-order valence-electron chi connectivity index (χ1n) is 10.9. The number of benzene rings is 1. The summed E-state index contributed by atoms with van der Waals surface area (Å²) in [6, 6.07) is 6.39. The van der Waals surface area contributed by atoms with Crippen molar-refractivity contribution >= 4 is 11.9 Å². The Morgan fingerprint density at radius 3 is 2.76 bits per heavy atom. The van der Waals surface area contributed by atoms with Gasteiger partial charge >= 0.3 is 0 Å². The van der Waals surface area contributed by atoms with Crippen LogP contribution in [0.25, 0.3) is 0 Å². The third kappa shape index (κ3) is 7.57. The fourth-order valence-corrected chi connectivity index (χ4v) is 3.66. The average molecular weight is 404 g/mol. The van der Waals surface area contributed by atoms with Crippen molar-refractivity contribution in [2.75, 3.05) is 52.4 Å². The number of likely N-dealkylation sites (tertiary alicyclic amines) is 1. The molecule has 1 aromatic carbocycles. The van der Waals surface area contributed by atoms with Gasteiger partial charge in [0.15, 0.2) is 5.96 Å². The molecular formula is C22H37N5O2. The Kier molecular flexibility index (Phi) is 9.77. The summed E-state index contributed by atoms with van der Waals surface area (Å²) in [5, 5.41) is 15.8. The largest absolute Gasteiger partial charge is 0.508 e. The second-order valence-electron chi connectivity index (χ2n) is 7.48. The number of hydrogen-bond acceptors (Lipinski definition) is 4. The molecule has 0 spiro atoms. The minimum absolute atomic E-state index is 0.0995. The molecule has 0 radical (unpaired) electrons. The van der Waals surface area contributed by atoms with Gasteiger partial charge in [-0.2, -0.15) is 0 Å². The molecule has 29 heavy (non-hydrogen) atoms. The number of aliphatic imine (C=N–C) groups is 1. The molecule has 7 heteroatoms. The molecule has 1 unspecified atom stereocenters. The molecule has 1 fully saturated rings. The van der Waals surface area contributed by atoms with E-state index in [2.05, 4.69) is 41.2 Å². The Morgan fingerprint density at radius 2 is 2.07 bits per heavy atom. The molecule has 1 atom stereocenters. The molecule has 0 bridgehead atoms. The molecule has 1 aliphatic heterocycles. The maximum atomic E-state index is 12.1. The van der Waals surface area contributed by atoms with Gasteiger partial charge in [0.05, 0.1) is 0 Å². The SMILES string of the molecule is CCNC(=NCCCNC(=O)c1cccc(O)c1)N1CCC(CN(CC)CC)C1. The molecule has 162 valence electrons. The predicted molar refractivity (Wildman–Crippen MR) is 119 cm³/mol. The van der Waals surface area contributed by atoms with E-state index >= 15 is 0 Å². The van der Waals surface area contributed by atoms with Gasteiger partial charge in [-0.05, 0) is 57.0 Å². The average Bonchev–Trinajstić information content (AvgIpc) is 3.19. The van der Waals surface area contributed by atoms with Crippen molar-refractivity contribution in [2.24, 2.45) is 10.9 Å². The summed E-state index contributed by atoms with van der Waals surface area (Å²) in [6.45, 7) is 14.1. The second-order valence-corrected chi connectivity index (χ2v) is 7.48. The second kappa shape index (κ2) is 12.3. The van der Waals surface area contributed by atoms with E-state index in [9.17, 15) is 9.90 Å². The first-order valence-corrected chi connectivity index (χ1v) is 10.9. The molecule has 7 nitrogen and oxygen atoms in total. The van der Waals surface area contributed by atoms with E-state index in [1.165, 1.54) is 12.5 Å². The number of aromatic hydroxyl groups is 1.